The Bertz CT molecular complexity index is 482. The lowest BCUT2D eigenvalue weighted by atomic mass is 10.0. The van der Waals surface area contributed by atoms with E-state index in [1.165, 1.54) is 0 Å². The summed E-state index contributed by atoms with van der Waals surface area (Å²) in [7, 11) is 0. The first-order valence-corrected chi connectivity index (χ1v) is 8.16. The largest absolute Gasteiger partial charge is 0.357 e. The highest BCUT2D eigenvalue weighted by Crippen LogP contribution is 2.12. The highest BCUT2D eigenvalue weighted by molar-refractivity contribution is 14.0. The Labute approximate surface area is 155 Å². The van der Waals surface area contributed by atoms with Crippen LogP contribution in [0.25, 0.3) is 0 Å². The average Bonchev–Trinajstić information content (AvgIpc) is 2.91. The number of aryl methyl sites for hydroxylation is 1. The maximum atomic E-state index is 4.96. The lowest BCUT2D eigenvalue weighted by Crippen LogP contribution is -2.49. The zero-order chi connectivity index (χ0) is 15.9. The quantitative estimate of drug-likeness (QED) is 0.417. The molecular weight excluding hydrogens is 407 g/mol. The Morgan fingerprint density at radius 1 is 1.39 bits per heavy atom. The normalized spacial score (nSPS) is 17.2. The Balaban J connectivity index is 0.00000264. The van der Waals surface area contributed by atoms with E-state index in [1.807, 2.05) is 0 Å². The molecule has 0 atom stereocenters. The fourth-order valence-electron chi connectivity index (χ4n) is 2.63. The summed E-state index contributed by atoms with van der Waals surface area (Å²) in [5, 5.41) is 10.7. The van der Waals surface area contributed by atoms with Gasteiger partial charge in [-0.15, -0.1) is 24.0 Å². The van der Waals surface area contributed by atoms with E-state index >= 15 is 0 Å². The van der Waals surface area contributed by atoms with E-state index in [4.69, 9.17) is 4.52 Å². The molecule has 1 fully saturated rings. The van der Waals surface area contributed by atoms with Crippen molar-refractivity contribution in [3.63, 3.8) is 0 Å². The van der Waals surface area contributed by atoms with Crippen molar-refractivity contribution in [3.05, 3.63) is 11.7 Å². The summed E-state index contributed by atoms with van der Waals surface area (Å²) in [4.78, 5) is 11.2. The van der Waals surface area contributed by atoms with E-state index in [1.54, 1.807) is 6.92 Å². The van der Waals surface area contributed by atoms with Crippen molar-refractivity contribution in [1.29, 1.82) is 0 Å². The minimum Gasteiger partial charge on any atom is -0.357 e. The van der Waals surface area contributed by atoms with Crippen LogP contribution in [0, 0.1) is 6.92 Å². The Kier molecular flexibility index (Phi) is 8.82. The van der Waals surface area contributed by atoms with Crippen molar-refractivity contribution in [3.8, 4) is 0 Å². The number of likely N-dealkylation sites (tertiary alicyclic amines) is 1. The average molecular weight is 436 g/mol. The third-order valence-electron chi connectivity index (χ3n) is 3.89. The molecule has 0 saturated carbocycles. The fraction of sp³-hybridized carbons (Fsp3) is 0.800. The minimum atomic E-state index is 0. The van der Waals surface area contributed by atoms with Gasteiger partial charge in [0, 0.05) is 38.6 Å². The van der Waals surface area contributed by atoms with Crippen LogP contribution in [0.2, 0.25) is 0 Å². The van der Waals surface area contributed by atoms with Crippen LogP contribution in [0.5, 0.6) is 0 Å². The lowest BCUT2D eigenvalue weighted by Gasteiger charge is -2.35. The van der Waals surface area contributed by atoms with Crippen LogP contribution in [-0.4, -0.2) is 52.7 Å². The second-order valence-electron chi connectivity index (χ2n) is 5.97. The van der Waals surface area contributed by atoms with Gasteiger partial charge in [-0.2, -0.15) is 4.98 Å². The zero-order valence-electron chi connectivity index (χ0n) is 14.5. The van der Waals surface area contributed by atoms with E-state index in [9.17, 15) is 0 Å². The van der Waals surface area contributed by atoms with Crippen molar-refractivity contribution in [2.75, 3.05) is 19.6 Å². The van der Waals surface area contributed by atoms with Crippen molar-refractivity contribution >= 4 is 29.9 Å². The topological polar surface area (TPSA) is 78.6 Å². The molecule has 2 N–H and O–H groups in total. The number of halogens is 1. The Morgan fingerprint density at radius 3 is 2.61 bits per heavy atom. The number of nitrogens with zero attached hydrogens (tertiary/aromatic N) is 4. The predicted molar refractivity (Wildman–Crippen MR) is 102 cm³/mol. The molecule has 0 aliphatic carbocycles. The third-order valence-corrected chi connectivity index (χ3v) is 3.89. The van der Waals surface area contributed by atoms with Crippen molar-refractivity contribution in [2.24, 2.45) is 4.99 Å². The lowest BCUT2D eigenvalue weighted by molar-refractivity contribution is 0.167. The molecule has 2 heterocycles. The van der Waals surface area contributed by atoms with Gasteiger partial charge in [0.15, 0.2) is 11.8 Å². The molecule has 2 rings (SSSR count). The summed E-state index contributed by atoms with van der Waals surface area (Å²) in [5.41, 5.74) is 0. The van der Waals surface area contributed by atoms with Crippen molar-refractivity contribution < 1.29 is 4.52 Å². The molecule has 1 aliphatic rings. The van der Waals surface area contributed by atoms with E-state index in [2.05, 4.69) is 51.4 Å². The van der Waals surface area contributed by atoms with Crippen LogP contribution < -0.4 is 10.6 Å². The van der Waals surface area contributed by atoms with Crippen LogP contribution >= 0.6 is 24.0 Å². The molecule has 1 aromatic rings. The SMILES string of the molecule is CCNC(=NCc1noc(C)n1)NC1CCN(C(C)C)CC1.I. The molecule has 0 aromatic carbocycles. The number of hydrogen-bond donors (Lipinski definition) is 2. The molecule has 8 heteroatoms. The molecule has 7 nitrogen and oxygen atoms in total. The Hall–Kier alpha value is -0.900. The van der Waals surface area contributed by atoms with E-state index < -0.39 is 0 Å². The van der Waals surface area contributed by atoms with Gasteiger partial charge in [0.25, 0.3) is 0 Å². The van der Waals surface area contributed by atoms with Crippen LogP contribution in [0.4, 0.5) is 0 Å². The zero-order valence-corrected chi connectivity index (χ0v) is 16.8. The highest BCUT2D eigenvalue weighted by Gasteiger charge is 2.21. The summed E-state index contributed by atoms with van der Waals surface area (Å²) >= 11 is 0. The van der Waals surface area contributed by atoms with E-state index in [-0.39, 0.29) is 24.0 Å². The third kappa shape index (κ3) is 6.62. The van der Waals surface area contributed by atoms with Crippen molar-refractivity contribution in [2.45, 2.75) is 59.2 Å². The van der Waals surface area contributed by atoms with Crippen LogP contribution in [0.15, 0.2) is 9.52 Å². The minimum absolute atomic E-state index is 0. The molecule has 1 aliphatic heterocycles. The molecule has 1 aromatic heterocycles. The highest BCUT2D eigenvalue weighted by atomic mass is 127. The first-order chi connectivity index (χ1) is 10.6. The summed E-state index contributed by atoms with van der Waals surface area (Å²) in [5.74, 6) is 2.02. The molecule has 0 unspecified atom stereocenters. The molecule has 132 valence electrons. The maximum Gasteiger partial charge on any atom is 0.223 e. The van der Waals surface area contributed by atoms with Gasteiger partial charge in [0.05, 0.1) is 0 Å². The Morgan fingerprint density at radius 2 is 2.09 bits per heavy atom. The number of piperidine rings is 1. The monoisotopic (exact) mass is 436 g/mol. The molecule has 0 amide bonds. The van der Waals surface area contributed by atoms with Crippen molar-refractivity contribution in [1.82, 2.24) is 25.7 Å². The second-order valence-corrected chi connectivity index (χ2v) is 5.97. The van der Waals surface area contributed by atoms with Crippen LogP contribution in [-0.2, 0) is 6.54 Å². The molecule has 1 saturated heterocycles. The van der Waals surface area contributed by atoms with Crippen LogP contribution in [0.1, 0.15) is 45.3 Å². The number of aliphatic imine (C=N–C) groups is 1. The number of hydrogen-bond acceptors (Lipinski definition) is 5. The van der Waals surface area contributed by atoms with Gasteiger partial charge < -0.3 is 20.1 Å². The number of rotatable bonds is 5. The fourth-order valence-corrected chi connectivity index (χ4v) is 2.63. The number of guanidine groups is 1. The summed E-state index contributed by atoms with van der Waals surface area (Å²) in [6.07, 6.45) is 2.29. The smallest absolute Gasteiger partial charge is 0.223 e. The summed E-state index contributed by atoms with van der Waals surface area (Å²) in [6, 6.07) is 1.10. The van der Waals surface area contributed by atoms with Gasteiger partial charge in [0.2, 0.25) is 5.89 Å². The van der Waals surface area contributed by atoms with Gasteiger partial charge in [-0.3, -0.25) is 0 Å². The first kappa shape index (κ1) is 20.1. The second kappa shape index (κ2) is 10.1. The van der Waals surface area contributed by atoms with Gasteiger partial charge in [-0.1, -0.05) is 5.16 Å². The molecule has 0 radical (unpaired) electrons. The standard InChI is InChI=1S/C15H28N6O.HI/c1-5-16-15(17-10-14-18-12(4)22-20-14)19-13-6-8-21(9-7-13)11(2)3;/h11,13H,5-10H2,1-4H3,(H2,16,17,19);1H. The first-order valence-electron chi connectivity index (χ1n) is 8.16. The summed E-state index contributed by atoms with van der Waals surface area (Å²) in [6.45, 7) is 11.9. The van der Waals surface area contributed by atoms with Gasteiger partial charge in [-0.05, 0) is 33.6 Å². The maximum absolute atomic E-state index is 4.96. The predicted octanol–water partition coefficient (Wildman–Crippen LogP) is 1.92. The van der Waals surface area contributed by atoms with Gasteiger partial charge in [0.1, 0.15) is 6.54 Å². The summed E-state index contributed by atoms with van der Waals surface area (Å²) < 4.78 is 4.96. The van der Waals surface area contributed by atoms with Crippen LogP contribution in [0.3, 0.4) is 0 Å². The number of nitrogens with one attached hydrogen (secondary N) is 2. The molecule has 0 bridgehead atoms. The number of aromatic nitrogens is 2. The van der Waals surface area contributed by atoms with Gasteiger partial charge >= 0.3 is 0 Å². The molecular formula is C15H29IN6O. The molecule has 23 heavy (non-hydrogen) atoms. The molecule has 0 spiro atoms. The van der Waals surface area contributed by atoms with E-state index in [0.29, 0.717) is 30.3 Å². The van der Waals surface area contributed by atoms with Gasteiger partial charge in [-0.25, -0.2) is 4.99 Å². The van der Waals surface area contributed by atoms with E-state index in [0.717, 1.165) is 38.4 Å².